The van der Waals surface area contributed by atoms with E-state index in [1.165, 1.54) is 4.90 Å². The molecule has 116 valence electrons. The standard InChI is InChI=1S/C14H13F3N4O/c1-8-4-10-7-20(2-3-21(10)19-8)14(22)18-9-5-11(15)13(17)12(16)6-9/h4-6H,2-3,7H2,1H3,(H,18,22). The van der Waals surface area contributed by atoms with E-state index >= 15 is 0 Å². The summed E-state index contributed by atoms with van der Waals surface area (Å²) in [6.07, 6.45) is 0. The summed E-state index contributed by atoms with van der Waals surface area (Å²) in [5.74, 6) is -4.25. The molecule has 1 N–H and O–H groups in total. The molecule has 0 radical (unpaired) electrons. The van der Waals surface area contributed by atoms with Crippen molar-refractivity contribution in [1.29, 1.82) is 0 Å². The number of urea groups is 1. The fourth-order valence-electron chi connectivity index (χ4n) is 2.41. The maximum atomic E-state index is 13.1. The minimum Gasteiger partial charge on any atom is -0.317 e. The number of hydrogen-bond donors (Lipinski definition) is 1. The fraction of sp³-hybridized carbons (Fsp3) is 0.286. The second-order valence-corrected chi connectivity index (χ2v) is 5.11. The number of hydrogen-bond acceptors (Lipinski definition) is 2. The van der Waals surface area contributed by atoms with E-state index in [-0.39, 0.29) is 5.69 Å². The SMILES string of the molecule is Cc1cc2n(n1)CCN(C(=O)Nc1cc(F)c(F)c(F)c1)C2. The number of aryl methyl sites for hydroxylation is 1. The molecule has 2 amide bonds. The van der Waals surface area contributed by atoms with Gasteiger partial charge in [0, 0.05) is 24.4 Å². The number of amides is 2. The third-order valence-corrected chi connectivity index (χ3v) is 3.44. The van der Waals surface area contributed by atoms with Gasteiger partial charge in [0.2, 0.25) is 0 Å². The van der Waals surface area contributed by atoms with Crippen molar-refractivity contribution in [3.8, 4) is 0 Å². The lowest BCUT2D eigenvalue weighted by Gasteiger charge is -2.27. The van der Waals surface area contributed by atoms with Crippen molar-refractivity contribution in [1.82, 2.24) is 14.7 Å². The summed E-state index contributed by atoms with van der Waals surface area (Å²) in [6, 6.07) is 2.86. The van der Waals surface area contributed by atoms with E-state index in [1.54, 1.807) is 0 Å². The Morgan fingerprint density at radius 2 is 1.86 bits per heavy atom. The molecule has 0 spiro atoms. The lowest BCUT2D eigenvalue weighted by Crippen LogP contribution is -2.40. The quantitative estimate of drug-likeness (QED) is 0.823. The van der Waals surface area contributed by atoms with Crippen LogP contribution in [-0.4, -0.2) is 27.3 Å². The molecular weight excluding hydrogens is 297 g/mol. The number of carbonyl (C=O) groups excluding carboxylic acids is 1. The Bertz CT molecular complexity index is 721. The molecule has 3 rings (SSSR count). The van der Waals surface area contributed by atoms with E-state index in [0.717, 1.165) is 23.5 Å². The van der Waals surface area contributed by atoms with Gasteiger partial charge in [0.05, 0.1) is 24.5 Å². The van der Waals surface area contributed by atoms with Crippen molar-refractivity contribution < 1.29 is 18.0 Å². The molecule has 2 aromatic rings. The zero-order chi connectivity index (χ0) is 15.9. The third-order valence-electron chi connectivity index (χ3n) is 3.44. The van der Waals surface area contributed by atoms with Crippen molar-refractivity contribution in [2.24, 2.45) is 0 Å². The van der Waals surface area contributed by atoms with Gasteiger partial charge in [-0.25, -0.2) is 18.0 Å². The highest BCUT2D eigenvalue weighted by molar-refractivity contribution is 5.89. The summed E-state index contributed by atoms with van der Waals surface area (Å²) in [5.41, 5.74) is 1.62. The molecule has 0 atom stereocenters. The smallest absolute Gasteiger partial charge is 0.317 e. The van der Waals surface area contributed by atoms with Gasteiger partial charge in [-0.2, -0.15) is 5.10 Å². The van der Waals surface area contributed by atoms with E-state index in [9.17, 15) is 18.0 Å². The van der Waals surface area contributed by atoms with E-state index in [4.69, 9.17) is 0 Å². The maximum Gasteiger partial charge on any atom is 0.322 e. The van der Waals surface area contributed by atoms with Crippen LogP contribution in [0.5, 0.6) is 0 Å². The van der Waals surface area contributed by atoms with Gasteiger partial charge in [-0.05, 0) is 13.0 Å². The molecular formula is C14H13F3N4O. The Morgan fingerprint density at radius 1 is 1.18 bits per heavy atom. The highest BCUT2D eigenvalue weighted by Crippen LogP contribution is 2.19. The van der Waals surface area contributed by atoms with Crippen LogP contribution < -0.4 is 5.32 Å². The molecule has 1 aliphatic rings. The number of anilines is 1. The average Bonchev–Trinajstić information content (AvgIpc) is 2.83. The average molecular weight is 310 g/mol. The molecule has 0 bridgehead atoms. The Balaban J connectivity index is 1.73. The largest absolute Gasteiger partial charge is 0.322 e. The predicted octanol–water partition coefficient (Wildman–Crippen LogP) is 2.66. The topological polar surface area (TPSA) is 50.2 Å². The monoisotopic (exact) mass is 310 g/mol. The Hall–Kier alpha value is -2.51. The molecule has 1 aromatic heterocycles. The Labute approximate surface area is 124 Å². The Morgan fingerprint density at radius 3 is 2.55 bits per heavy atom. The molecule has 0 unspecified atom stereocenters. The molecule has 5 nitrogen and oxygen atoms in total. The molecule has 1 aromatic carbocycles. The first-order valence-electron chi connectivity index (χ1n) is 6.68. The second kappa shape index (κ2) is 5.36. The van der Waals surface area contributed by atoms with E-state index in [2.05, 4.69) is 10.4 Å². The summed E-state index contributed by atoms with van der Waals surface area (Å²) in [7, 11) is 0. The summed E-state index contributed by atoms with van der Waals surface area (Å²) in [4.78, 5) is 13.6. The lowest BCUT2D eigenvalue weighted by molar-refractivity contribution is 0.194. The molecule has 0 saturated carbocycles. The predicted molar refractivity (Wildman–Crippen MR) is 72.7 cm³/mol. The van der Waals surface area contributed by atoms with Gasteiger partial charge in [0.15, 0.2) is 17.5 Å². The number of benzene rings is 1. The van der Waals surface area contributed by atoms with Gasteiger partial charge < -0.3 is 10.2 Å². The normalized spacial score (nSPS) is 13.9. The highest BCUT2D eigenvalue weighted by Gasteiger charge is 2.22. The second-order valence-electron chi connectivity index (χ2n) is 5.11. The van der Waals surface area contributed by atoms with Gasteiger partial charge in [-0.15, -0.1) is 0 Å². The highest BCUT2D eigenvalue weighted by atomic mass is 19.2. The van der Waals surface area contributed by atoms with Gasteiger partial charge in [-0.1, -0.05) is 0 Å². The van der Waals surface area contributed by atoms with Gasteiger partial charge in [0.1, 0.15) is 0 Å². The number of aromatic nitrogens is 2. The van der Waals surface area contributed by atoms with Gasteiger partial charge in [0.25, 0.3) is 0 Å². The van der Waals surface area contributed by atoms with E-state index in [0.29, 0.717) is 19.6 Å². The number of nitrogens with one attached hydrogen (secondary N) is 1. The van der Waals surface area contributed by atoms with Crippen LogP contribution in [0.15, 0.2) is 18.2 Å². The van der Waals surface area contributed by atoms with Crippen LogP contribution in [0.4, 0.5) is 23.7 Å². The molecule has 0 aliphatic carbocycles. The van der Waals surface area contributed by atoms with Crippen LogP contribution >= 0.6 is 0 Å². The van der Waals surface area contributed by atoms with E-state index in [1.807, 2.05) is 17.7 Å². The maximum absolute atomic E-state index is 13.1. The van der Waals surface area contributed by atoms with Crippen molar-refractivity contribution in [3.63, 3.8) is 0 Å². The summed E-state index contributed by atoms with van der Waals surface area (Å²) < 4.78 is 41.0. The number of carbonyl (C=O) groups is 1. The van der Waals surface area contributed by atoms with Crippen LogP contribution in [0.1, 0.15) is 11.4 Å². The van der Waals surface area contributed by atoms with Crippen LogP contribution in [0, 0.1) is 24.4 Å². The van der Waals surface area contributed by atoms with Crippen LogP contribution in [0.3, 0.4) is 0 Å². The molecule has 0 fully saturated rings. The van der Waals surface area contributed by atoms with E-state index < -0.39 is 23.5 Å². The zero-order valence-corrected chi connectivity index (χ0v) is 11.7. The van der Waals surface area contributed by atoms with Crippen molar-refractivity contribution >= 4 is 11.7 Å². The molecule has 22 heavy (non-hydrogen) atoms. The minimum atomic E-state index is -1.56. The van der Waals surface area contributed by atoms with Gasteiger partial charge in [-0.3, -0.25) is 4.68 Å². The first kappa shape index (κ1) is 14.4. The van der Waals surface area contributed by atoms with Crippen LogP contribution in [0.2, 0.25) is 0 Å². The van der Waals surface area contributed by atoms with Crippen molar-refractivity contribution in [3.05, 3.63) is 47.0 Å². The Kier molecular flexibility index (Phi) is 3.51. The molecule has 1 aliphatic heterocycles. The summed E-state index contributed by atoms with van der Waals surface area (Å²) in [5, 5.41) is 6.65. The number of halogens is 3. The van der Waals surface area contributed by atoms with Crippen molar-refractivity contribution in [2.45, 2.75) is 20.0 Å². The third kappa shape index (κ3) is 2.63. The number of rotatable bonds is 1. The summed E-state index contributed by atoms with van der Waals surface area (Å²) in [6.45, 7) is 3.17. The molecule has 2 heterocycles. The van der Waals surface area contributed by atoms with Gasteiger partial charge >= 0.3 is 6.03 Å². The number of fused-ring (bicyclic) bond motifs is 1. The fourth-order valence-corrected chi connectivity index (χ4v) is 2.41. The first-order chi connectivity index (χ1) is 10.4. The lowest BCUT2D eigenvalue weighted by atomic mass is 10.2. The molecule has 0 saturated heterocycles. The van der Waals surface area contributed by atoms with Crippen molar-refractivity contribution in [2.75, 3.05) is 11.9 Å². The first-order valence-corrected chi connectivity index (χ1v) is 6.68. The minimum absolute atomic E-state index is 0.128. The van der Waals surface area contributed by atoms with Crippen LogP contribution in [0.25, 0.3) is 0 Å². The van der Waals surface area contributed by atoms with Crippen LogP contribution in [-0.2, 0) is 13.1 Å². The summed E-state index contributed by atoms with van der Waals surface area (Å²) >= 11 is 0. The number of nitrogens with zero attached hydrogens (tertiary/aromatic N) is 3. The molecule has 8 heteroatoms. The zero-order valence-electron chi connectivity index (χ0n) is 11.7.